The molecule has 74 valence electrons. The van der Waals surface area contributed by atoms with Crippen molar-refractivity contribution in [3.05, 3.63) is 42.2 Å². The van der Waals surface area contributed by atoms with Crippen LogP contribution in [-0.4, -0.2) is 6.09 Å². The van der Waals surface area contributed by atoms with Crippen LogP contribution < -0.4 is 5.32 Å². The number of aryl methyl sites for hydroxylation is 1. The molecule has 0 saturated carbocycles. The van der Waals surface area contributed by atoms with Gasteiger partial charge in [-0.3, -0.25) is 5.32 Å². The van der Waals surface area contributed by atoms with Crippen LogP contribution in [0, 0.1) is 6.92 Å². The van der Waals surface area contributed by atoms with Crippen molar-refractivity contribution in [2.24, 2.45) is 0 Å². The van der Waals surface area contributed by atoms with E-state index in [1.807, 2.05) is 31.2 Å². The van der Waals surface area contributed by atoms with Crippen LogP contribution in [0.4, 0.5) is 10.5 Å². The van der Waals surface area contributed by atoms with Gasteiger partial charge in [0.05, 0.1) is 5.76 Å². The van der Waals surface area contributed by atoms with Gasteiger partial charge >= 0.3 is 6.09 Å². The van der Waals surface area contributed by atoms with Crippen molar-refractivity contribution >= 4 is 11.8 Å². The zero-order valence-electron chi connectivity index (χ0n) is 8.33. The molecule has 1 aromatic carbocycles. The smallest absolute Gasteiger partial charge is 0.416 e. The number of hydrogen-bond acceptors (Lipinski definition) is 2. The maximum absolute atomic E-state index is 11.1. The van der Waals surface area contributed by atoms with E-state index in [0.717, 1.165) is 5.56 Å². The molecule has 0 aliphatic rings. The number of anilines is 1. The molecular formula is C11H13NO2. The number of nitrogens with one attached hydrogen (secondary N) is 1. The van der Waals surface area contributed by atoms with Gasteiger partial charge in [0.2, 0.25) is 0 Å². The van der Waals surface area contributed by atoms with Crippen LogP contribution in [0.2, 0.25) is 0 Å². The van der Waals surface area contributed by atoms with Crippen molar-refractivity contribution in [3.63, 3.8) is 0 Å². The monoisotopic (exact) mass is 191 g/mol. The Bertz CT molecular complexity index is 341. The van der Waals surface area contributed by atoms with E-state index in [1.54, 1.807) is 6.92 Å². The normalized spacial score (nSPS) is 9.29. The first kappa shape index (κ1) is 10.3. The minimum absolute atomic E-state index is 0.370. The van der Waals surface area contributed by atoms with Crippen molar-refractivity contribution in [2.75, 3.05) is 5.32 Å². The fourth-order valence-electron chi connectivity index (χ4n) is 0.939. The Morgan fingerprint density at radius 1 is 1.36 bits per heavy atom. The van der Waals surface area contributed by atoms with Crippen LogP contribution in [-0.2, 0) is 4.74 Å². The Labute approximate surface area is 83.4 Å². The van der Waals surface area contributed by atoms with Gasteiger partial charge in [0, 0.05) is 5.69 Å². The molecule has 1 aromatic rings. The van der Waals surface area contributed by atoms with E-state index in [4.69, 9.17) is 4.74 Å². The Balaban J connectivity index is 2.56. The number of rotatable bonds is 2. The molecule has 0 heterocycles. The highest BCUT2D eigenvalue weighted by Gasteiger charge is 2.02. The minimum atomic E-state index is -0.513. The second-order valence-corrected chi connectivity index (χ2v) is 3.08. The highest BCUT2D eigenvalue weighted by atomic mass is 16.6. The molecule has 3 heteroatoms. The molecule has 1 rings (SSSR count). The lowest BCUT2D eigenvalue weighted by atomic mass is 10.2. The summed E-state index contributed by atoms with van der Waals surface area (Å²) in [5.41, 5.74) is 1.85. The predicted octanol–water partition coefficient (Wildman–Crippen LogP) is 3.08. The van der Waals surface area contributed by atoms with Crippen LogP contribution in [0.25, 0.3) is 0 Å². The summed E-state index contributed by atoms with van der Waals surface area (Å²) in [6.45, 7) is 7.07. The standard InChI is InChI=1S/C11H13NO2/c1-8(2)14-11(13)12-10-6-4-9(3)5-7-10/h4-7H,1H2,2-3H3,(H,12,13). The van der Waals surface area contributed by atoms with Gasteiger partial charge in [-0.1, -0.05) is 24.3 Å². The molecule has 0 unspecified atom stereocenters. The van der Waals surface area contributed by atoms with Gasteiger partial charge in [0.15, 0.2) is 0 Å². The molecule has 0 atom stereocenters. The molecular weight excluding hydrogens is 178 g/mol. The summed E-state index contributed by atoms with van der Waals surface area (Å²) in [6, 6.07) is 7.46. The topological polar surface area (TPSA) is 38.3 Å². The quantitative estimate of drug-likeness (QED) is 0.729. The van der Waals surface area contributed by atoms with Gasteiger partial charge in [-0.25, -0.2) is 4.79 Å². The van der Waals surface area contributed by atoms with Crippen LogP contribution in [0.1, 0.15) is 12.5 Å². The summed E-state index contributed by atoms with van der Waals surface area (Å²) in [7, 11) is 0. The number of benzene rings is 1. The highest BCUT2D eigenvalue weighted by molar-refractivity contribution is 5.85. The average Bonchev–Trinajstić information content (AvgIpc) is 2.07. The molecule has 0 bridgehead atoms. The number of amides is 1. The van der Waals surface area contributed by atoms with Gasteiger partial charge in [0.1, 0.15) is 0 Å². The Kier molecular flexibility index (Phi) is 3.29. The molecule has 0 radical (unpaired) electrons. The first-order chi connectivity index (χ1) is 6.58. The van der Waals surface area contributed by atoms with Gasteiger partial charge in [-0.15, -0.1) is 0 Å². The summed E-state index contributed by atoms with van der Waals surface area (Å²) < 4.78 is 4.74. The third-order valence-electron chi connectivity index (χ3n) is 1.56. The SMILES string of the molecule is C=C(C)OC(=O)Nc1ccc(C)cc1. The maximum Gasteiger partial charge on any atom is 0.416 e. The molecule has 1 amide bonds. The molecule has 0 aliphatic heterocycles. The molecule has 3 nitrogen and oxygen atoms in total. The third kappa shape index (κ3) is 3.31. The van der Waals surface area contributed by atoms with E-state index in [-0.39, 0.29) is 0 Å². The van der Waals surface area contributed by atoms with Crippen LogP contribution in [0.15, 0.2) is 36.6 Å². The average molecular weight is 191 g/mol. The summed E-state index contributed by atoms with van der Waals surface area (Å²) in [6.07, 6.45) is -0.513. The van der Waals surface area contributed by atoms with Crippen LogP contribution >= 0.6 is 0 Å². The van der Waals surface area contributed by atoms with Crippen molar-refractivity contribution in [3.8, 4) is 0 Å². The van der Waals surface area contributed by atoms with Crippen LogP contribution in [0.3, 0.4) is 0 Å². The van der Waals surface area contributed by atoms with Crippen molar-refractivity contribution in [2.45, 2.75) is 13.8 Å². The largest absolute Gasteiger partial charge is 0.416 e. The van der Waals surface area contributed by atoms with E-state index in [0.29, 0.717) is 11.4 Å². The second kappa shape index (κ2) is 4.46. The van der Waals surface area contributed by atoms with Gasteiger partial charge < -0.3 is 4.74 Å². The number of allylic oxidation sites excluding steroid dienone is 1. The van der Waals surface area contributed by atoms with E-state index >= 15 is 0 Å². The fraction of sp³-hybridized carbons (Fsp3) is 0.182. The number of carbonyl (C=O) groups is 1. The van der Waals surface area contributed by atoms with Gasteiger partial charge in [-0.2, -0.15) is 0 Å². The Hall–Kier alpha value is -1.77. The van der Waals surface area contributed by atoms with Crippen molar-refractivity contribution in [1.82, 2.24) is 0 Å². The predicted molar refractivity (Wildman–Crippen MR) is 56.1 cm³/mol. The Morgan fingerprint density at radius 2 is 1.93 bits per heavy atom. The van der Waals surface area contributed by atoms with E-state index in [1.165, 1.54) is 0 Å². The second-order valence-electron chi connectivity index (χ2n) is 3.08. The molecule has 0 fully saturated rings. The lowest BCUT2D eigenvalue weighted by Gasteiger charge is -2.05. The summed E-state index contributed by atoms with van der Waals surface area (Å²) in [4.78, 5) is 11.1. The molecule has 0 saturated heterocycles. The molecule has 0 spiro atoms. The van der Waals surface area contributed by atoms with Gasteiger partial charge in [-0.05, 0) is 26.0 Å². The van der Waals surface area contributed by atoms with E-state index in [9.17, 15) is 4.79 Å². The zero-order valence-corrected chi connectivity index (χ0v) is 8.33. The molecule has 0 aliphatic carbocycles. The van der Waals surface area contributed by atoms with Crippen molar-refractivity contribution < 1.29 is 9.53 Å². The third-order valence-corrected chi connectivity index (χ3v) is 1.56. The molecule has 0 aromatic heterocycles. The fourth-order valence-corrected chi connectivity index (χ4v) is 0.939. The maximum atomic E-state index is 11.1. The summed E-state index contributed by atoms with van der Waals surface area (Å²) in [5, 5.41) is 2.58. The van der Waals surface area contributed by atoms with Crippen LogP contribution in [0.5, 0.6) is 0 Å². The van der Waals surface area contributed by atoms with E-state index < -0.39 is 6.09 Å². The zero-order chi connectivity index (χ0) is 10.6. The Morgan fingerprint density at radius 3 is 2.43 bits per heavy atom. The first-order valence-electron chi connectivity index (χ1n) is 4.29. The number of ether oxygens (including phenoxy) is 1. The number of carbonyl (C=O) groups excluding carboxylic acids is 1. The summed E-state index contributed by atoms with van der Waals surface area (Å²) in [5.74, 6) is 0.370. The lowest BCUT2D eigenvalue weighted by molar-refractivity contribution is 0.192. The van der Waals surface area contributed by atoms with E-state index in [2.05, 4.69) is 11.9 Å². The summed E-state index contributed by atoms with van der Waals surface area (Å²) >= 11 is 0. The molecule has 1 N–H and O–H groups in total. The minimum Gasteiger partial charge on any atom is -0.416 e. The van der Waals surface area contributed by atoms with Crippen molar-refractivity contribution in [1.29, 1.82) is 0 Å². The lowest BCUT2D eigenvalue weighted by Crippen LogP contribution is -2.12. The highest BCUT2D eigenvalue weighted by Crippen LogP contribution is 2.09. The van der Waals surface area contributed by atoms with Gasteiger partial charge in [0.25, 0.3) is 0 Å². The molecule has 14 heavy (non-hydrogen) atoms. The first-order valence-corrected chi connectivity index (χ1v) is 4.29. The number of hydrogen-bond donors (Lipinski definition) is 1.